The van der Waals surface area contributed by atoms with Crippen LogP contribution in [0.5, 0.6) is 0 Å². The van der Waals surface area contributed by atoms with Crippen molar-refractivity contribution in [1.29, 1.82) is 0 Å². The van der Waals surface area contributed by atoms with Crippen molar-refractivity contribution >= 4 is 5.91 Å². The molecule has 5 heteroatoms. The van der Waals surface area contributed by atoms with Crippen LogP contribution in [0.15, 0.2) is 24.3 Å². The van der Waals surface area contributed by atoms with Crippen molar-refractivity contribution in [3.63, 3.8) is 0 Å². The Morgan fingerprint density at radius 2 is 2.00 bits per heavy atom. The molecule has 24 heavy (non-hydrogen) atoms. The molecule has 2 fully saturated rings. The fourth-order valence-electron chi connectivity index (χ4n) is 3.63. The van der Waals surface area contributed by atoms with Crippen LogP contribution in [0, 0.1) is 6.92 Å². The summed E-state index contributed by atoms with van der Waals surface area (Å²) in [6.07, 6.45) is 3.44. The zero-order chi connectivity index (χ0) is 16.9. The van der Waals surface area contributed by atoms with E-state index in [1.165, 1.54) is 11.1 Å². The number of hydrogen-bond acceptors (Lipinski definition) is 4. The highest BCUT2D eigenvalue weighted by Gasteiger charge is 2.31. The Hall–Kier alpha value is -1.43. The molecule has 2 heterocycles. The number of piperidine rings is 1. The third-order valence-electron chi connectivity index (χ3n) is 5.25. The number of nitrogens with two attached hydrogens (primary N) is 1. The number of nitrogens with zero attached hydrogens (tertiary/aromatic N) is 1. The van der Waals surface area contributed by atoms with E-state index in [1.54, 1.807) is 0 Å². The SMILES string of the molecule is Cc1ccccc1CN1CCC(NC(=O)[C@@H]2CC[C@H](CN)O2)CC1. The Labute approximate surface area is 144 Å². The third-order valence-corrected chi connectivity index (χ3v) is 5.25. The maximum atomic E-state index is 12.3. The summed E-state index contributed by atoms with van der Waals surface area (Å²) in [5, 5.41) is 3.17. The maximum Gasteiger partial charge on any atom is 0.249 e. The van der Waals surface area contributed by atoms with Crippen molar-refractivity contribution in [2.75, 3.05) is 19.6 Å². The van der Waals surface area contributed by atoms with Gasteiger partial charge in [-0.15, -0.1) is 0 Å². The molecule has 3 rings (SSSR count). The predicted octanol–water partition coefficient (Wildman–Crippen LogP) is 1.58. The fraction of sp³-hybridized carbons (Fsp3) is 0.632. The van der Waals surface area contributed by atoms with Gasteiger partial charge in [-0.3, -0.25) is 9.69 Å². The number of likely N-dealkylation sites (tertiary alicyclic amines) is 1. The Bertz CT molecular complexity index is 555. The van der Waals surface area contributed by atoms with Crippen molar-refractivity contribution in [2.24, 2.45) is 5.73 Å². The van der Waals surface area contributed by atoms with Gasteiger partial charge in [-0.1, -0.05) is 24.3 Å². The molecule has 5 nitrogen and oxygen atoms in total. The molecule has 0 spiro atoms. The minimum absolute atomic E-state index is 0.0447. The molecule has 2 atom stereocenters. The highest BCUT2D eigenvalue weighted by Crippen LogP contribution is 2.20. The molecule has 2 saturated heterocycles. The van der Waals surface area contributed by atoms with Crippen molar-refractivity contribution < 1.29 is 9.53 Å². The number of nitrogens with one attached hydrogen (secondary N) is 1. The number of ether oxygens (including phenoxy) is 1. The van der Waals surface area contributed by atoms with E-state index >= 15 is 0 Å². The zero-order valence-corrected chi connectivity index (χ0v) is 14.5. The minimum atomic E-state index is -0.302. The van der Waals surface area contributed by atoms with Gasteiger partial charge < -0.3 is 15.8 Å². The Morgan fingerprint density at radius 1 is 1.25 bits per heavy atom. The van der Waals surface area contributed by atoms with Gasteiger partial charge in [0.15, 0.2) is 0 Å². The van der Waals surface area contributed by atoms with Crippen LogP contribution in [0.3, 0.4) is 0 Å². The first-order valence-corrected chi connectivity index (χ1v) is 9.08. The van der Waals surface area contributed by atoms with Crippen LogP contribution in [0.25, 0.3) is 0 Å². The highest BCUT2D eigenvalue weighted by atomic mass is 16.5. The summed E-state index contributed by atoms with van der Waals surface area (Å²) >= 11 is 0. The second-order valence-electron chi connectivity index (χ2n) is 7.05. The first-order valence-electron chi connectivity index (χ1n) is 9.08. The standard InChI is InChI=1S/C19H29N3O2/c1-14-4-2-3-5-15(14)13-22-10-8-16(9-11-22)21-19(23)18-7-6-17(12-20)24-18/h2-5,16-18H,6-13,20H2,1H3,(H,21,23)/t17-,18+/m1/s1. The van der Waals surface area contributed by atoms with Gasteiger partial charge in [-0.2, -0.15) is 0 Å². The number of amides is 1. The molecule has 1 aromatic carbocycles. The normalized spacial score (nSPS) is 25.8. The molecule has 0 aromatic heterocycles. The molecule has 0 unspecified atom stereocenters. The number of hydrogen-bond donors (Lipinski definition) is 2. The second-order valence-corrected chi connectivity index (χ2v) is 7.05. The van der Waals surface area contributed by atoms with Gasteiger partial charge >= 0.3 is 0 Å². The van der Waals surface area contributed by atoms with E-state index in [-0.39, 0.29) is 24.2 Å². The third kappa shape index (κ3) is 4.35. The van der Waals surface area contributed by atoms with Crippen molar-refractivity contribution in [3.8, 4) is 0 Å². The predicted molar refractivity (Wildman–Crippen MR) is 94.6 cm³/mol. The van der Waals surface area contributed by atoms with E-state index in [1.807, 2.05) is 0 Å². The van der Waals surface area contributed by atoms with Gasteiger partial charge in [0.1, 0.15) is 6.10 Å². The van der Waals surface area contributed by atoms with Crippen LogP contribution in [0.1, 0.15) is 36.8 Å². The summed E-state index contributed by atoms with van der Waals surface area (Å²) in [4.78, 5) is 14.8. The Balaban J connectivity index is 1.42. The number of carbonyl (C=O) groups is 1. The topological polar surface area (TPSA) is 67.6 Å². The first-order chi connectivity index (χ1) is 11.7. The van der Waals surface area contributed by atoms with Gasteiger partial charge in [0.2, 0.25) is 5.91 Å². The quantitative estimate of drug-likeness (QED) is 0.860. The largest absolute Gasteiger partial charge is 0.364 e. The van der Waals surface area contributed by atoms with Gasteiger partial charge in [0, 0.05) is 32.2 Å². The van der Waals surface area contributed by atoms with E-state index in [2.05, 4.69) is 41.4 Å². The lowest BCUT2D eigenvalue weighted by Crippen LogP contribution is -2.47. The number of rotatable bonds is 5. The first kappa shape index (κ1) is 17.4. The summed E-state index contributed by atoms with van der Waals surface area (Å²) < 4.78 is 5.68. The van der Waals surface area contributed by atoms with Crippen LogP contribution >= 0.6 is 0 Å². The van der Waals surface area contributed by atoms with E-state index in [4.69, 9.17) is 10.5 Å². The van der Waals surface area contributed by atoms with Crippen LogP contribution in [0.4, 0.5) is 0 Å². The van der Waals surface area contributed by atoms with Crippen molar-refractivity contribution in [3.05, 3.63) is 35.4 Å². The molecule has 3 N–H and O–H groups in total. The smallest absolute Gasteiger partial charge is 0.249 e. The highest BCUT2D eigenvalue weighted by molar-refractivity contribution is 5.81. The van der Waals surface area contributed by atoms with E-state index in [9.17, 15) is 4.79 Å². The fourth-order valence-corrected chi connectivity index (χ4v) is 3.63. The summed E-state index contributed by atoms with van der Waals surface area (Å²) in [6, 6.07) is 8.82. The van der Waals surface area contributed by atoms with E-state index in [0.29, 0.717) is 6.54 Å². The minimum Gasteiger partial charge on any atom is -0.364 e. The van der Waals surface area contributed by atoms with Crippen LogP contribution in [-0.4, -0.2) is 48.7 Å². The number of carbonyl (C=O) groups excluding carboxylic acids is 1. The molecule has 0 saturated carbocycles. The monoisotopic (exact) mass is 331 g/mol. The summed E-state index contributed by atoms with van der Waals surface area (Å²) in [5.74, 6) is 0.0447. The average molecular weight is 331 g/mol. The van der Waals surface area contributed by atoms with Crippen LogP contribution < -0.4 is 11.1 Å². The summed E-state index contributed by atoms with van der Waals surface area (Å²) in [7, 11) is 0. The lowest BCUT2D eigenvalue weighted by molar-refractivity contribution is -0.132. The van der Waals surface area contributed by atoms with Crippen molar-refractivity contribution in [1.82, 2.24) is 10.2 Å². The molecule has 0 aliphatic carbocycles. The van der Waals surface area contributed by atoms with E-state index < -0.39 is 0 Å². The molecule has 0 radical (unpaired) electrons. The lowest BCUT2D eigenvalue weighted by Gasteiger charge is -2.33. The summed E-state index contributed by atoms with van der Waals surface area (Å²) in [5.41, 5.74) is 8.35. The second kappa shape index (κ2) is 8.10. The van der Waals surface area contributed by atoms with Gasteiger partial charge in [-0.05, 0) is 43.7 Å². The Kier molecular flexibility index (Phi) is 5.87. The molecule has 1 aromatic rings. The van der Waals surface area contributed by atoms with Gasteiger partial charge in [0.25, 0.3) is 0 Å². The molecule has 1 amide bonds. The molecule has 2 aliphatic heterocycles. The van der Waals surface area contributed by atoms with Crippen LogP contribution in [0.2, 0.25) is 0 Å². The molecule has 132 valence electrons. The Morgan fingerprint density at radius 3 is 2.67 bits per heavy atom. The molecule has 2 aliphatic rings. The molecular formula is C19H29N3O2. The summed E-state index contributed by atoms with van der Waals surface area (Å²) in [6.45, 7) is 5.71. The van der Waals surface area contributed by atoms with Crippen molar-refractivity contribution in [2.45, 2.75) is 57.4 Å². The van der Waals surface area contributed by atoms with Gasteiger partial charge in [-0.25, -0.2) is 0 Å². The van der Waals surface area contributed by atoms with E-state index in [0.717, 1.165) is 45.3 Å². The maximum absolute atomic E-state index is 12.3. The van der Waals surface area contributed by atoms with Gasteiger partial charge in [0.05, 0.1) is 6.10 Å². The number of aryl methyl sites for hydroxylation is 1. The molecule has 0 bridgehead atoms. The number of benzene rings is 1. The average Bonchev–Trinajstić information content (AvgIpc) is 3.08. The van der Waals surface area contributed by atoms with Crippen LogP contribution in [-0.2, 0) is 16.1 Å². The zero-order valence-electron chi connectivity index (χ0n) is 14.5. The lowest BCUT2D eigenvalue weighted by atomic mass is 10.0. The molecular weight excluding hydrogens is 302 g/mol.